The molecule has 0 fully saturated rings. The summed E-state index contributed by atoms with van der Waals surface area (Å²) in [7, 11) is 0. The molecule has 0 aliphatic carbocycles. The summed E-state index contributed by atoms with van der Waals surface area (Å²) in [6.07, 6.45) is 3.64. The predicted molar refractivity (Wildman–Crippen MR) is 96.0 cm³/mol. The van der Waals surface area contributed by atoms with E-state index in [2.05, 4.69) is 61.3 Å². The zero-order valence-electron chi connectivity index (χ0n) is 13.5. The molecule has 114 valence electrons. The first kappa shape index (κ1) is 15.2. The molecule has 3 aromatic rings. The van der Waals surface area contributed by atoms with Crippen molar-refractivity contribution in [1.82, 2.24) is 4.98 Å². The van der Waals surface area contributed by atoms with Gasteiger partial charge in [0, 0.05) is 12.4 Å². The quantitative estimate of drug-likeness (QED) is 0.629. The van der Waals surface area contributed by atoms with E-state index in [4.69, 9.17) is 4.99 Å². The summed E-state index contributed by atoms with van der Waals surface area (Å²) in [6, 6.07) is 22.8. The second-order valence-corrected chi connectivity index (χ2v) is 5.77. The molecule has 1 aromatic heterocycles. The van der Waals surface area contributed by atoms with E-state index in [9.17, 15) is 0 Å². The average molecular weight is 300 g/mol. The van der Waals surface area contributed by atoms with E-state index in [1.54, 1.807) is 6.20 Å². The second kappa shape index (κ2) is 7.01. The van der Waals surface area contributed by atoms with Crippen LogP contribution in [0.5, 0.6) is 0 Å². The largest absolute Gasteiger partial charge is 0.278 e. The van der Waals surface area contributed by atoms with Crippen molar-refractivity contribution in [2.45, 2.75) is 19.9 Å². The van der Waals surface area contributed by atoms with Crippen molar-refractivity contribution in [3.05, 3.63) is 101 Å². The van der Waals surface area contributed by atoms with Gasteiger partial charge in [-0.3, -0.25) is 9.98 Å². The van der Waals surface area contributed by atoms with Crippen LogP contribution in [0.15, 0.2) is 77.9 Å². The summed E-state index contributed by atoms with van der Waals surface area (Å²) in [5.41, 5.74) is 5.78. The standard InChI is InChI=1S/C21H20N2/c1-16-12-17(2)14-19(13-16)21(18-8-4-3-5-9-18)23-15-20-10-6-7-11-22-20/h3-15,21H,1-2H3/b23-15+. The molecule has 2 heteroatoms. The van der Waals surface area contributed by atoms with Crippen LogP contribution >= 0.6 is 0 Å². The Morgan fingerprint density at radius 1 is 0.826 bits per heavy atom. The van der Waals surface area contributed by atoms with Crippen molar-refractivity contribution < 1.29 is 0 Å². The predicted octanol–water partition coefficient (Wildman–Crippen LogP) is 4.91. The number of benzene rings is 2. The first-order valence-corrected chi connectivity index (χ1v) is 7.80. The molecule has 1 atom stereocenters. The minimum absolute atomic E-state index is 0.0168. The van der Waals surface area contributed by atoms with Gasteiger partial charge in [0.25, 0.3) is 0 Å². The zero-order chi connectivity index (χ0) is 16.1. The smallest absolute Gasteiger partial charge is 0.100 e. The first-order chi connectivity index (χ1) is 11.2. The van der Waals surface area contributed by atoms with E-state index < -0.39 is 0 Å². The molecule has 0 spiro atoms. The van der Waals surface area contributed by atoms with Gasteiger partial charge in [0.05, 0.1) is 5.69 Å². The van der Waals surface area contributed by atoms with Crippen LogP contribution < -0.4 is 0 Å². The number of aliphatic imine (C=N–C) groups is 1. The van der Waals surface area contributed by atoms with Crippen molar-refractivity contribution in [3.63, 3.8) is 0 Å². The van der Waals surface area contributed by atoms with Gasteiger partial charge in [-0.25, -0.2) is 0 Å². The van der Waals surface area contributed by atoms with E-state index in [-0.39, 0.29) is 6.04 Å². The summed E-state index contributed by atoms with van der Waals surface area (Å²) >= 11 is 0. The van der Waals surface area contributed by atoms with Gasteiger partial charge >= 0.3 is 0 Å². The Morgan fingerprint density at radius 3 is 2.17 bits per heavy atom. The molecule has 23 heavy (non-hydrogen) atoms. The van der Waals surface area contributed by atoms with E-state index in [0.29, 0.717) is 0 Å². The van der Waals surface area contributed by atoms with Crippen molar-refractivity contribution in [1.29, 1.82) is 0 Å². The van der Waals surface area contributed by atoms with E-state index in [1.165, 1.54) is 22.3 Å². The van der Waals surface area contributed by atoms with Crippen LogP contribution in [-0.4, -0.2) is 11.2 Å². The van der Waals surface area contributed by atoms with Gasteiger partial charge in [0.15, 0.2) is 0 Å². The van der Waals surface area contributed by atoms with E-state index in [1.807, 2.05) is 30.5 Å². The number of hydrogen-bond donors (Lipinski definition) is 0. The normalized spacial score (nSPS) is 12.4. The minimum atomic E-state index is -0.0168. The van der Waals surface area contributed by atoms with Gasteiger partial charge in [-0.1, -0.05) is 65.7 Å². The van der Waals surface area contributed by atoms with Crippen LogP contribution in [0.4, 0.5) is 0 Å². The van der Waals surface area contributed by atoms with Crippen LogP contribution in [0.25, 0.3) is 0 Å². The number of aromatic nitrogens is 1. The fourth-order valence-corrected chi connectivity index (χ4v) is 2.77. The third-order valence-corrected chi connectivity index (χ3v) is 3.72. The van der Waals surface area contributed by atoms with Crippen LogP contribution in [0, 0.1) is 13.8 Å². The number of pyridine rings is 1. The topological polar surface area (TPSA) is 25.2 Å². The Kier molecular flexibility index (Phi) is 4.62. The Hall–Kier alpha value is -2.74. The Morgan fingerprint density at radius 2 is 1.52 bits per heavy atom. The summed E-state index contributed by atoms with van der Waals surface area (Å²) in [4.78, 5) is 9.15. The highest BCUT2D eigenvalue weighted by Crippen LogP contribution is 2.27. The lowest BCUT2D eigenvalue weighted by Gasteiger charge is -2.15. The van der Waals surface area contributed by atoms with Gasteiger partial charge in [-0.05, 0) is 37.1 Å². The molecule has 0 radical (unpaired) electrons. The Balaban J connectivity index is 2.02. The molecule has 3 rings (SSSR count). The maximum Gasteiger partial charge on any atom is 0.100 e. The van der Waals surface area contributed by atoms with Crippen LogP contribution in [0.3, 0.4) is 0 Å². The molecule has 1 unspecified atom stereocenters. The lowest BCUT2D eigenvalue weighted by atomic mass is 9.96. The Labute approximate surface area is 137 Å². The minimum Gasteiger partial charge on any atom is -0.278 e. The molecule has 0 N–H and O–H groups in total. The summed E-state index contributed by atoms with van der Waals surface area (Å²) < 4.78 is 0. The Bertz CT molecular complexity index is 772. The molecule has 0 aliphatic rings. The monoisotopic (exact) mass is 300 g/mol. The number of aryl methyl sites for hydroxylation is 2. The van der Waals surface area contributed by atoms with Crippen LogP contribution in [0.2, 0.25) is 0 Å². The maximum atomic E-state index is 4.83. The lowest BCUT2D eigenvalue weighted by Crippen LogP contribution is -2.00. The molecule has 0 saturated carbocycles. The summed E-state index contributed by atoms with van der Waals surface area (Å²) in [5, 5.41) is 0. The lowest BCUT2D eigenvalue weighted by molar-refractivity contribution is 0.873. The van der Waals surface area contributed by atoms with Crippen LogP contribution in [0.1, 0.15) is 34.0 Å². The molecule has 0 bridgehead atoms. The number of rotatable bonds is 4. The van der Waals surface area contributed by atoms with Crippen molar-refractivity contribution >= 4 is 6.21 Å². The highest BCUT2D eigenvalue weighted by atomic mass is 14.8. The second-order valence-electron chi connectivity index (χ2n) is 5.77. The molecular formula is C21H20N2. The molecule has 2 aromatic carbocycles. The fourth-order valence-electron chi connectivity index (χ4n) is 2.77. The van der Waals surface area contributed by atoms with Gasteiger partial charge in [-0.15, -0.1) is 0 Å². The third kappa shape index (κ3) is 3.92. The van der Waals surface area contributed by atoms with E-state index >= 15 is 0 Å². The molecule has 1 heterocycles. The van der Waals surface area contributed by atoms with Crippen molar-refractivity contribution in [2.75, 3.05) is 0 Å². The highest BCUT2D eigenvalue weighted by Gasteiger charge is 2.12. The van der Waals surface area contributed by atoms with Crippen LogP contribution in [-0.2, 0) is 0 Å². The third-order valence-electron chi connectivity index (χ3n) is 3.72. The molecule has 0 aliphatic heterocycles. The molecule has 0 amide bonds. The highest BCUT2D eigenvalue weighted by molar-refractivity contribution is 5.77. The number of hydrogen-bond acceptors (Lipinski definition) is 2. The van der Waals surface area contributed by atoms with Gasteiger partial charge in [0.2, 0.25) is 0 Å². The zero-order valence-corrected chi connectivity index (χ0v) is 13.5. The average Bonchev–Trinajstić information content (AvgIpc) is 2.56. The molecular weight excluding hydrogens is 280 g/mol. The first-order valence-electron chi connectivity index (χ1n) is 7.80. The van der Waals surface area contributed by atoms with Crippen molar-refractivity contribution in [2.24, 2.45) is 4.99 Å². The molecule has 0 saturated heterocycles. The van der Waals surface area contributed by atoms with Gasteiger partial charge in [-0.2, -0.15) is 0 Å². The number of nitrogens with zero attached hydrogens (tertiary/aromatic N) is 2. The van der Waals surface area contributed by atoms with Gasteiger partial charge in [0.1, 0.15) is 6.04 Å². The summed E-state index contributed by atoms with van der Waals surface area (Å²) in [6.45, 7) is 4.25. The van der Waals surface area contributed by atoms with E-state index in [0.717, 1.165) is 5.69 Å². The summed E-state index contributed by atoms with van der Waals surface area (Å²) in [5.74, 6) is 0. The SMILES string of the molecule is Cc1cc(C)cc(C(/N=C/c2ccccn2)c2ccccc2)c1. The fraction of sp³-hybridized carbons (Fsp3) is 0.143. The van der Waals surface area contributed by atoms with Crippen molar-refractivity contribution in [3.8, 4) is 0 Å². The molecule has 2 nitrogen and oxygen atoms in total. The maximum absolute atomic E-state index is 4.83. The van der Waals surface area contributed by atoms with Gasteiger partial charge < -0.3 is 0 Å².